The van der Waals surface area contributed by atoms with Crippen molar-refractivity contribution in [3.05, 3.63) is 23.0 Å². The molecule has 3 heterocycles. The number of rotatable bonds is 3. The maximum absolute atomic E-state index is 13.1. The molecule has 2 aliphatic rings. The second-order valence-corrected chi connectivity index (χ2v) is 7.49. The molecule has 2 amide bonds. The molecule has 2 atom stereocenters. The minimum absolute atomic E-state index is 0.0929. The highest BCUT2D eigenvalue weighted by Gasteiger charge is 2.32. The molecule has 132 valence electrons. The standard InChI is InChI=1S/C19H29N3O2/c1-13-12-20(4)16(11-17(23)21-9-5-7-14(21)2)18(13)19(24)22-10-6-8-15(22)3/h12,14-15H,5-11H2,1-4H3. The van der Waals surface area contributed by atoms with Gasteiger partial charge in [0.15, 0.2) is 0 Å². The van der Waals surface area contributed by atoms with Crippen molar-refractivity contribution < 1.29 is 9.59 Å². The summed E-state index contributed by atoms with van der Waals surface area (Å²) in [6, 6.07) is 0.607. The first-order chi connectivity index (χ1) is 11.4. The van der Waals surface area contributed by atoms with Gasteiger partial charge in [-0.2, -0.15) is 0 Å². The Kier molecular flexibility index (Phi) is 4.70. The van der Waals surface area contributed by atoms with Crippen LogP contribution in [0.25, 0.3) is 0 Å². The normalized spacial score (nSPS) is 24.0. The van der Waals surface area contributed by atoms with E-state index in [9.17, 15) is 9.59 Å². The average Bonchev–Trinajstić information content (AvgIpc) is 3.19. The van der Waals surface area contributed by atoms with Crippen LogP contribution in [0.15, 0.2) is 6.20 Å². The van der Waals surface area contributed by atoms with Gasteiger partial charge in [0.25, 0.3) is 5.91 Å². The van der Waals surface area contributed by atoms with Gasteiger partial charge in [-0.05, 0) is 52.0 Å². The molecule has 0 N–H and O–H groups in total. The smallest absolute Gasteiger partial charge is 0.256 e. The molecule has 2 saturated heterocycles. The molecular weight excluding hydrogens is 302 g/mol. The SMILES string of the molecule is Cc1cn(C)c(CC(=O)N2CCCC2C)c1C(=O)N1CCCC1C. The molecule has 2 fully saturated rings. The maximum atomic E-state index is 13.1. The van der Waals surface area contributed by atoms with Crippen LogP contribution in [0.2, 0.25) is 0 Å². The van der Waals surface area contributed by atoms with E-state index in [1.807, 2.05) is 34.5 Å². The Morgan fingerprint density at radius 3 is 2.21 bits per heavy atom. The number of amides is 2. The molecule has 0 aliphatic carbocycles. The van der Waals surface area contributed by atoms with Crippen LogP contribution in [-0.4, -0.2) is 51.4 Å². The van der Waals surface area contributed by atoms with Crippen LogP contribution in [0, 0.1) is 6.92 Å². The first-order valence-corrected chi connectivity index (χ1v) is 9.15. The first-order valence-electron chi connectivity index (χ1n) is 9.15. The van der Waals surface area contributed by atoms with E-state index in [1.165, 1.54) is 0 Å². The summed E-state index contributed by atoms with van der Waals surface area (Å²) >= 11 is 0. The Balaban J connectivity index is 1.85. The van der Waals surface area contributed by atoms with Crippen LogP contribution in [0.5, 0.6) is 0 Å². The van der Waals surface area contributed by atoms with Crippen molar-refractivity contribution >= 4 is 11.8 Å². The molecule has 0 spiro atoms. The minimum Gasteiger partial charge on any atom is -0.353 e. The molecule has 1 aromatic heterocycles. The van der Waals surface area contributed by atoms with Crippen molar-refractivity contribution in [1.29, 1.82) is 0 Å². The molecule has 2 aliphatic heterocycles. The molecule has 2 unspecified atom stereocenters. The largest absolute Gasteiger partial charge is 0.353 e. The Morgan fingerprint density at radius 1 is 1.08 bits per heavy atom. The molecule has 0 aromatic carbocycles. The lowest BCUT2D eigenvalue weighted by Crippen LogP contribution is -2.37. The number of aromatic nitrogens is 1. The fourth-order valence-electron chi connectivity index (χ4n) is 4.27. The number of nitrogens with zero attached hydrogens (tertiary/aromatic N) is 3. The highest BCUT2D eigenvalue weighted by atomic mass is 16.2. The molecule has 5 heteroatoms. The monoisotopic (exact) mass is 331 g/mol. The predicted molar refractivity (Wildman–Crippen MR) is 94.0 cm³/mol. The summed E-state index contributed by atoms with van der Waals surface area (Å²) < 4.78 is 1.96. The molecule has 5 nitrogen and oxygen atoms in total. The van der Waals surface area contributed by atoms with Gasteiger partial charge in [-0.25, -0.2) is 0 Å². The third kappa shape index (κ3) is 2.96. The van der Waals surface area contributed by atoms with E-state index < -0.39 is 0 Å². The van der Waals surface area contributed by atoms with Crippen molar-refractivity contribution in [2.24, 2.45) is 7.05 Å². The Labute approximate surface area is 144 Å². The van der Waals surface area contributed by atoms with E-state index >= 15 is 0 Å². The summed E-state index contributed by atoms with van der Waals surface area (Å²) in [6.45, 7) is 7.86. The molecule has 24 heavy (non-hydrogen) atoms. The summed E-state index contributed by atoms with van der Waals surface area (Å²) in [4.78, 5) is 29.7. The summed E-state index contributed by atoms with van der Waals surface area (Å²) in [5, 5.41) is 0. The van der Waals surface area contributed by atoms with Crippen molar-refractivity contribution in [2.75, 3.05) is 13.1 Å². The van der Waals surface area contributed by atoms with E-state index in [0.29, 0.717) is 18.5 Å². The number of carbonyl (C=O) groups is 2. The van der Waals surface area contributed by atoms with Gasteiger partial charge in [-0.1, -0.05) is 0 Å². The number of hydrogen-bond acceptors (Lipinski definition) is 2. The number of carbonyl (C=O) groups excluding carboxylic acids is 2. The van der Waals surface area contributed by atoms with Gasteiger partial charge in [0.05, 0.1) is 12.0 Å². The second kappa shape index (κ2) is 6.61. The predicted octanol–water partition coefficient (Wildman–Crippen LogP) is 2.51. The van der Waals surface area contributed by atoms with Gasteiger partial charge in [-0.15, -0.1) is 0 Å². The van der Waals surface area contributed by atoms with E-state index in [4.69, 9.17) is 0 Å². The zero-order valence-electron chi connectivity index (χ0n) is 15.3. The highest BCUT2D eigenvalue weighted by Crippen LogP contribution is 2.26. The lowest BCUT2D eigenvalue weighted by atomic mass is 10.1. The van der Waals surface area contributed by atoms with Crippen LogP contribution in [0.1, 0.15) is 61.1 Å². The van der Waals surface area contributed by atoms with E-state index in [-0.39, 0.29) is 11.8 Å². The van der Waals surface area contributed by atoms with Crippen LogP contribution < -0.4 is 0 Å². The Morgan fingerprint density at radius 2 is 1.67 bits per heavy atom. The van der Waals surface area contributed by atoms with E-state index in [1.54, 1.807) is 0 Å². The van der Waals surface area contributed by atoms with Crippen molar-refractivity contribution in [1.82, 2.24) is 14.4 Å². The highest BCUT2D eigenvalue weighted by molar-refractivity contribution is 5.98. The Bertz CT molecular complexity index is 649. The van der Waals surface area contributed by atoms with Crippen LogP contribution >= 0.6 is 0 Å². The molecule has 0 radical (unpaired) electrons. The summed E-state index contributed by atoms with van der Waals surface area (Å²) in [5.41, 5.74) is 2.58. The topological polar surface area (TPSA) is 45.6 Å². The fourth-order valence-corrected chi connectivity index (χ4v) is 4.27. The lowest BCUT2D eigenvalue weighted by Gasteiger charge is -2.24. The van der Waals surface area contributed by atoms with Gasteiger partial charge in [-0.3, -0.25) is 9.59 Å². The van der Waals surface area contributed by atoms with Gasteiger partial charge < -0.3 is 14.4 Å². The number of aryl methyl sites for hydroxylation is 2. The van der Waals surface area contributed by atoms with Crippen LogP contribution in [0.3, 0.4) is 0 Å². The fraction of sp³-hybridized carbons (Fsp3) is 0.684. The third-order valence-corrected chi connectivity index (χ3v) is 5.72. The molecule has 0 saturated carbocycles. The molecule has 3 rings (SSSR count). The average molecular weight is 331 g/mol. The zero-order valence-corrected chi connectivity index (χ0v) is 15.3. The molecule has 0 bridgehead atoms. The molecule has 1 aromatic rings. The van der Waals surface area contributed by atoms with Crippen molar-refractivity contribution in [3.63, 3.8) is 0 Å². The van der Waals surface area contributed by atoms with Gasteiger partial charge in [0.1, 0.15) is 0 Å². The molecular formula is C19H29N3O2. The van der Waals surface area contributed by atoms with Crippen LogP contribution in [0.4, 0.5) is 0 Å². The minimum atomic E-state index is 0.0929. The number of hydrogen-bond donors (Lipinski definition) is 0. The zero-order chi connectivity index (χ0) is 17.4. The lowest BCUT2D eigenvalue weighted by molar-refractivity contribution is -0.131. The number of likely N-dealkylation sites (tertiary alicyclic amines) is 2. The summed E-state index contributed by atoms with van der Waals surface area (Å²) in [6.07, 6.45) is 6.59. The van der Waals surface area contributed by atoms with Crippen molar-refractivity contribution in [2.45, 2.75) is 65.0 Å². The van der Waals surface area contributed by atoms with E-state index in [0.717, 1.165) is 55.6 Å². The summed E-state index contributed by atoms with van der Waals surface area (Å²) in [7, 11) is 1.94. The van der Waals surface area contributed by atoms with E-state index in [2.05, 4.69) is 13.8 Å². The van der Waals surface area contributed by atoms with Gasteiger partial charge >= 0.3 is 0 Å². The quantitative estimate of drug-likeness (QED) is 0.854. The maximum Gasteiger partial charge on any atom is 0.256 e. The van der Waals surface area contributed by atoms with Gasteiger partial charge in [0.2, 0.25) is 5.91 Å². The van der Waals surface area contributed by atoms with Crippen LogP contribution in [-0.2, 0) is 18.3 Å². The first kappa shape index (κ1) is 17.1. The summed E-state index contributed by atoms with van der Waals surface area (Å²) in [5.74, 6) is 0.236. The third-order valence-electron chi connectivity index (χ3n) is 5.72. The van der Waals surface area contributed by atoms with Crippen molar-refractivity contribution in [3.8, 4) is 0 Å². The second-order valence-electron chi connectivity index (χ2n) is 7.49. The Hall–Kier alpha value is -1.78. The van der Waals surface area contributed by atoms with Gasteiger partial charge in [0, 0.05) is 44.1 Å².